The Morgan fingerprint density at radius 1 is 1.38 bits per heavy atom. The second-order valence-electron chi connectivity index (χ2n) is 6.78. The Kier molecular flexibility index (Phi) is 3.69. The Balaban J connectivity index is 1.55. The van der Waals surface area contributed by atoms with E-state index in [4.69, 9.17) is 4.74 Å². The lowest BCUT2D eigenvalue weighted by molar-refractivity contribution is -0.165. The minimum absolute atomic E-state index is 0.0215. The highest BCUT2D eigenvalue weighted by Gasteiger charge is 2.46. The molecule has 2 amide bonds. The van der Waals surface area contributed by atoms with Gasteiger partial charge < -0.3 is 20.1 Å². The molecule has 0 aromatic carbocycles. The summed E-state index contributed by atoms with van der Waals surface area (Å²) in [6, 6.07) is -0.0215. The fourth-order valence-corrected chi connectivity index (χ4v) is 3.62. The van der Waals surface area contributed by atoms with Crippen molar-refractivity contribution in [3.05, 3.63) is 0 Å². The number of amides is 2. The summed E-state index contributed by atoms with van der Waals surface area (Å²) in [5, 5.41) is 13.0. The maximum atomic E-state index is 12.3. The number of carbonyl (C=O) groups is 2. The molecule has 6 nitrogen and oxygen atoms in total. The van der Waals surface area contributed by atoms with Crippen LogP contribution in [0, 0.1) is 0 Å². The number of piperidine rings is 1. The zero-order valence-electron chi connectivity index (χ0n) is 12.6. The molecule has 3 aliphatic rings. The SMILES string of the molecule is CC1NC(=O)COC12CCN(C(=O)CC1(O)CCC1)CC2. The molecule has 0 radical (unpaired) electrons. The molecule has 2 heterocycles. The van der Waals surface area contributed by atoms with Gasteiger partial charge in [0.1, 0.15) is 6.61 Å². The number of hydrogen-bond donors (Lipinski definition) is 2. The highest BCUT2D eigenvalue weighted by molar-refractivity contribution is 5.79. The van der Waals surface area contributed by atoms with E-state index in [2.05, 4.69) is 5.32 Å². The molecule has 1 unspecified atom stereocenters. The van der Waals surface area contributed by atoms with E-state index in [1.54, 1.807) is 0 Å². The summed E-state index contributed by atoms with van der Waals surface area (Å²) in [4.78, 5) is 25.4. The zero-order valence-corrected chi connectivity index (χ0v) is 12.6. The number of carbonyl (C=O) groups excluding carboxylic acids is 2. The molecule has 21 heavy (non-hydrogen) atoms. The Hall–Kier alpha value is -1.14. The monoisotopic (exact) mass is 296 g/mol. The Labute approximate surface area is 124 Å². The van der Waals surface area contributed by atoms with Gasteiger partial charge in [-0.2, -0.15) is 0 Å². The molecule has 0 aromatic heterocycles. The van der Waals surface area contributed by atoms with Crippen LogP contribution >= 0.6 is 0 Å². The number of rotatable bonds is 2. The van der Waals surface area contributed by atoms with Gasteiger partial charge in [-0.25, -0.2) is 0 Å². The van der Waals surface area contributed by atoms with Crippen molar-refractivity contribution < 1.29 is 19.4 Å². The van der Waals surface area contributed by atoms with Crippen LogP contribution in [-0.2, 0) is 14.3 Å². The standard InChI is InChI=1S/C15H24N2O4/c1-11-15(21-10-12(18)16-11)5-7-17(8-6-15)13(19)9-14(20)3-2-4-14/h11,20H,2-10H2,1H3,(H,16,18). The van der Waals surface area contributed by atoms with Crippen molar-refractivity contribution in [2.75, 3.05) is 19.7 Å². The maximum absolute atomic E-state index is 12.3. The van der Waals surface area contributed by atoms with Crippen molar-refractivity contribution >= 4 is 11.8 Å². The van der Waals surface area contributed by atoms with Gasteiger partial charge in [-0.05, 0) is 39.0 Å². The Morgan fingerprint density at radius 3 is 2.57 bits per heavy atom. The van der Waals surface area contributed by atoms with E-state index in [1.165, 1.54) is 0 Å². The smallest absolute Gasteiger partial charge is 0.246 e. The largest absolute Gasteiger partial charge is 0.389 e. The number of hydrogen-bond acceptors (Lipinski definition) is 4. The molecule has 6 heteroatoms. The molecule has 118 valence electrons. The molecule has 2 N–H and O–H groups in total. The number of aliphatic hydroxyl groups is 1. The summed E-state index contributed by atoms with van der Waals surface area (Å²) in [6.45, 7) is 3.34. The normalized spacial score (nSPS) is 30.7. The minimum Gasteiger partial charge on any atom is -0.389 e. The van der Waals surface area contributed by atoms with Crippen LogP contribution in [0.15, 0.2) is 0 Å². The zero-order chi connectivity index (χ0) is 15.1. The van der Waals surface area contributed by atoms with Gasteiger partial charge >= 0.3 is 0 Å². The number of ether oxygens (including phenoxy) is 1. The Morgan fingerprint density at radius 2 is 2.05 bits per heavy atom. The molecular weight excluding hydrogens is 272 g/mol. The second kappa shape index (κ2) is 5.25. The third-order valence-electron chi connectivity index (χ3n) is 5.38. The van der Waals surface area contributed by atoms with E-state index in [0.717, 1.165) is 32.1 Å². The number of nitrogens with one attached hydrogen (secondary N) is 1. The first-order valence-corrected chi connectivity index (χ1v) is 7.86. The lowest BCUT2D eigenvalue weighted by Gasteiger charge is -2.48. The fraction of sp³-hybridized carbons (Fsp3) is 0.867. The number of nitrogens with zero attached hydrogens (tertiary/aromatic N) is 1. The van der Waals surface area contributed by atoms with E-state index in [-0.39, 0.29) is 36.5 Å². The predicted molar refractivity (Wildman–Crippen MR) is 75.5 cm³/mol. The molecule has 2 aliphatic heterocycles. The molecule has 0 aromatic rings. The van der Waals surface area contributed by atoms with Crippen molar-refractivity contribution in [1.29, 1.82) is 0 Å². The van der Waals surface area contributed by atoms with Crippen molar-refractivity contribution in [2.24, 2.45) is 0 Å². The quantitative estimate of drug-likeness (QED) is 0.762. The van der Waals surface area contributed by atoms with Gasteiger partial charge in [0, 0.05) is 13.1 Å². The number of likely N-dealkylation sites (tertiary alicyclic amines) is 1. The summed E-state index contributed by atoms with van der Waals surface area (Å²) < 4.78 is 5.79. The fourth-order valence-electron chi connectivity index (χ4n) is 3.62. The molecule has 1 spiro atoms. The van der Waals surface area contributed by atoms with Crippen LogP contribution < -0.4 is 5.32 Å². The van der Waals surface area contributed by atoms with Crippen molar-refractivity contribution in [1.82, 2.24) is 10.2 Å². The summed E-state index contributed by atoms with van der Waals surface area (Å²) in [5.41, 5.74) is -1.09. The van der Waals surface area contributed by atoms with Crippen LogP contribution in [-0.4, -0.2) is 58.8 Å². The van der Waals surface area contributed by atoms with E-state index in [9.17, 15) is 14.7 Å². The summed E-state index contributed by atoms with van der Waals surface area (Å²) in [7, 11) is 0. The highest BCUT2D eigenvalue weighted by atomic mass is 16.5. The van der Waals surface area contributed by atoms with Gasteiger partial charge in [0.25, 0.3) is 0 Å². The highest BCUT2D eigenvalue weighted by Crippen LogP contribution is 2.36. The lowest BCUT2D eigenvalue weighted by atomic mass is 9.77. The first kappa shape index (κ1) is 14.8. The molecular formula is C15H24N2O4. The average Bonchev–Trinajstić information content (AvgIpc) is 2.42. The lowest BCUT2D eigenvalue weighted by Crippen LogP contribution is -2.63. The molecule has 1 atom stereocenters. The summed E-state index contributed by atoms with van der Waals surface area (Å²) in [6.07, 6.45) is 4.20. The van der Waals surface area contributed by atoms with Gasteiger partial charge in [0.2, 0.25) is 11.8 Å². The van der Waals surface area contributed by atoms with Gasteiger partial charge in [-0.15, -0.1) is 0 Å². The first-order valence-electron chi connectivity index (χ1n) is 7.86. The first-order chi connectivity index (χ1) is 9.92. The Bertz CT molecular complexity index is 439. The van der Waals surface area contributed by atoms with Gasteiger partial charge in [-0.3, -0.25) is 9.59 Å². The molecule has 2 saturated heterocycles. The summed E-state index contributed by atoms with van der Waals surface area (Å²) in [5.74, 6) is -0.0293. The molecule has 3 fully saturated rings. The van der Waals surface area contributed by atoms with Crippen LogP contribution in [0.3, 0.4) is 0 Å². The second-order valence-corrected chi connectivity index (χ2v) is 6.78. The molecule has 1 aliphatic carbocycles. The van der Waals surface area contributed by atoms with Crippen molar-refractivity contribution in [3.63, 3.8) is 0 Å². The van der Waals surface area contributed by atoms with Gasteiger partial charge in [0.05, 0.1) is 23.7 Å². The van der Waals surface area contributed by atoms with E-state index in [1.807, 2.05) is 11.8 Å². The van der Waals surface area contributed by atoms with Crippen LogP contribution in [0.5, 0.6) is 0 Å². The van der Waals surface area contributed by atoms with Crippen LogP contribution in [0.25, 0.3) is 0 Å². The van der Waals surface area contributed by atoms with Gasteiger partial charge in [-0.1, -0.05) is 0 Å². The van der Waals surface area contributed by atoms with Crippen LogP contribution in [0.1, 0.15) is 45.4 Å². The molecule has 0 bridgehead atoms. The third-order valence-corrected chi connectivity index (χ3v) is 5.38. The van der Waals surface area contributed by atoms with Crippen molar-refractivity contribution in [2.45, 2.75) is 62.7 Å². The molecule has 1 saturated carbocycles. The topological polar surface area (TPSA) is 78.9 Å². The molecule has 3 rings (SSSR count). The van der Waals surface area contributed by atoms with E-state index >= 15 is 0 Å². The summed E-state index contributed by atoms with van der Waals surface area (Å²) >= 11 is 0. The van der Waals surface area contributed by atoms with E-state index < -0.39 is 5.60 Å². The van der Waals surface area contributed by atoms with Crippen LogP contribution in [0.2, 0.25) is 0 Å². The number of morpholine rings is 1. The maximum Gasteiger partial charge on any atom is 0.246 e. The van der Waals surface area contributed by atoms with Gasteiger partial charge in [0.15, 0.2) is 0 Å². The minimum atomic E-state index is -0.755. The average molecular weight is 296 g/mol. The van der Waals surface area contributed by atoms with Crippen LogP contribution in [0.4, 0.5) is 0 Å². The predicted octanol–water partition coefficient (Wildman–Crippen LogP) is 0.188. The third kappa shape index (κ3) is 2.79. The van der Waals surface area contributed by atoms with E-state index in [0.29, 0.717) is 13.1 Å². The van der Waals surface area contributed by atoms with Crippen molar-refractivity contribution in [3.8, 4) is 0 Å².